The molecule has 1 heterocycles. The lowest BCUT2D eigenvalue weighted by Gasteiger charge is -2.17. The molecule has 0 radical (unpaired) electrons. The smallest absolute Gasteiger partial charge is 0.254 e. The van der Waals surface area contributed by atoms with Gasteiger partial charge in [0.15, 0.2) is 0 Å². The maximum atomic E-state index is 11.7. The lowest BCUT2D eigenvalue weighted by atomic mass is 10.0. The third-order valence-corrected chi connectivity index (χ3v) is 2.13. The molecule has 0 aromatic carbocycles. The van der Waals surface area contributed by atoms with Gasteiger partial charge in [-0.15, -0.1) is 0 Å². The Labute approximate surface area is 94.9 Å². The van der Waals surface area contributed by atoms with Gasteiger partial charge in [-0.25, -0.2) is 9.97 Å². The fourth-order valence-corrected chi connectivity index (χ4v) is 1.43. The molecule has 1 aromatic heterocycles. The first-order valence-corrected chi connectivity index (χ1v) is 5.30. The standard InChI is InChI=1S/C11H17N3O2/c1-8(2)3-10(6-15)14-11(16)9-4-12-7-13-5-9/h4-5,7-8,10,15H,3,6H2,1-2H3,(H,14,16). The molecule has 0 aliphatic heterocycles. The number of aliphatic hydroxyl groups is 1. The second-order valence-electron chi connectivity index (χ2n) is 4.11. The molecular weight excluding hydrogens is 206 g/mol. The van der Waals surface area contributed by atoms with E-state index in [4.69, 9.17) is 5.11 Å². The van der Waals surface area contributed by atoms with E-state index in [-0.39, 0.29) is 18.6 Å². The van der Waals surface area contributed by atoms with Crippen LogP contribution in [0.25, 0.3) is 0 Å². The van der Waals surface area contributed by atoms with Crippen LogP contribution < -0.4 is 5.32 Å². The van der Waals surface area contributed by atoms with Crippen molar-refractivity contribution in [3.05, 3.63) is 24.3 Å². The number of nitrogens with one attached hydrogen (secondary N) is 1. The van der Waals surface area contributed by atoms with Gasteiger partial charge in [-0.2, -0.15) is 0 Å². The molecule has 0 saturated carbocycles. The van der Waals surface area contributed by atoms with Gasteiger partial charge in [0.1, 0.15) is 6.33 Å². The van der Waals surface area contributed by atoms with Crippen LogP contribution in [0.15, 0.2) is 18.7 Å². The van der Waals surface area contributed by atoms with Gasteiger partial charge in [0.25, 0.3) is 5.91 Å². The van der Waals surface area contributed by atoms with Gasteiger partial charge >= 0.3 is 0 Å². The lowest BCUT2D eigenvalue weighted by molar-refractivity contribution is 0.0907. The average Bonchev–Trinajstić information content (AvgIpc) is 2.28. The molecule has 16 heavy (non-hydrogen) atoms. The number of hydrogen-bond acceptors (Lipinski definition) is 4. The van der Waals surface area contributed by atoms with Crippen molar-refractivity contribution in [3.63, 3.8) is 0 Å². The summed E-state index contributed by atoms with van der Waals surface area (Å²) in [7, 11) is 0. The van der Waals surface area contributed by atoms with Gasteiger partial charge in [-0.05, 0) is 12.3 Å². The summed E-state index contributed by atoms with van der Waals surface area (Å²) in [5, 5.41) is 11.9. The topological polar surface area (TPSA) is 75.1 Å². The zero-order valence-electron chi connectivity index (χ0n) is 9.55. The highest BCUT2D eigenvalue weighted by molar-refractivity contribution is 5.93. The predicted molar refractivity (Wildman–Crippen MR) is 59.8 cm³/mol. The van der Waals surface area contributed by atoms with Gasteiger partial charge in [-0.3, -0.25) is 4.79 Å². The van der Waals surface area contributed by atoms with Crippen LogP contribution in [0.3, 0.4) is 0 Å². The third kappa shape index (κ3) is 3.94. The van der Waals surface area contributed by atoms with Crippen LogP contribution >= 0.6 is 0 Å². The van der Waals surface area contributed by atoms with Crippen molar-refractivity contribution < 1.29 is 9.90 Å². The molecule has 2 N–H and O–H groups in total. The molecular formula is C11H17N3O2. The zero-order chi connectivity index (χ0) is 12.0. The Hall–Kier alpha value is -1.49. The van der Waals surface area contributed by atoms with Crippen molar-refractivity contribution in [2.45, 2.75) is 26.3 Å². The van der Waals surface area contributed by atoms with E-state index in [0.29, 0.717) is 11.5 Å². The van der Waals surface area contributed by atoms with Crippen LogP contribution in [0.4, 0.5) is 0 Å². The minimum Gasteiger partial charge on any atom is -0.394 e. The maximum absolute atomic E-state index is 11.7. The van der Waals surface area contributed by atoms with Gasteiger partial charge in [0, 0.05) is 12.4 Å². The van der Waals surface area contributed by atoms with Crippen LogP contribution in [0.1, 0.15) is 30.6 Å². The molecule has 1 rings (SSSR count). The molecule has 5 heteroatoms. The second-order valence-corrected chi connectivity index (χ2v) is 4.11. The van der Waals surface area contributed by atoms with Crippen molar-refractivity contribution in [2.24, 2.45) is 5.92 Å². The maximum Gasteiger partial charge on any atom is 0.254 e. The SMILES string of the molecule is CC(C)CC(CO)NC(=O)c1cncnc1. The molecule has 0 fully saturated rings. The van der Waals surface area contributed by atoms with E-state index in [9.17, 15) is 4.79 Å². The normalized spacial score (nSPS) is 12.5. The molecule has 88 valence electrons. The van der Waals surface area contributed by atoms with E-state index >= 15 is 0 Å². The summed E-state index contributed by atoms with van der Waals surface area (Å²) in [4.78, 5) is 19.2. The summed E-state index contributed by atoms with van der Waals surface area (Å²) >= 11 is 0. The number of hydrogen-bond donors (Lipinski definition) is 2. The molecule has 1 atom stereocenters. The van der Waals surface area contributed by atoms with Gasteiger partial charge in [-0.1, -0.05) is 13.8 Å². The molecule has 5 nitrogen and oxygen atoms in total. The summed E-state index contributed by atoms with van der Waals surface area (Å²) in [5.41, 5.74) is 0.407. The third-order valence-electron chi connectivity index (χ3n) is 2.13. The summed E-state index contributed by atoms with van der Waals surface area (Å²) < 4.78 is 0. The fraction of sp³-hybridized carbons (Fsp3) is 0.545. The Bertz CT molecular complexity index is 327. The van der Waals surface area contributed by atoms with Crippen molar-refractivity contribution >= 4 is 5.91 Å². The number of carbonyl (C=O) groups excluding carboxylic acids is 1. The monoisotopic (exact) mass is 223 g/mol. The number of nitrogens with zero attached hydrogens (tertiary/aromatic N) is 2. The summed E-state index contributed by atoms with van der Waals surface area (Å²) in [5.74, 6) is 0.171. The first kappa shape index (κ1) is 12.6. The summed E-state index contributed by atoms with van der Waals surface area (Å²) in [6.07, 6.45) is 5.02. The lowest BCUT2D eigenvalue weighted by Crippen LogP contribution is -2.38. The quantitative estimate of drug-likeness (QED) is 0.767. The van der Waals surface area contributed by atoms with Crippen molar-refractivity contribution in [2.75, 3.05) is 6.61 Å². The molecule has 0 aliphatic carbocycles. The van der Waals surface area contributed by atoms with Crippen LogP contribution in [0, 0.1) is 5.92 Å². The number of aliphatic hydroxyl groups excluding tert-OH is 1. The van der Waals surface area contributed by atoms with Gasteiger partial charge in [0.2, 0.25) is 0 Å². The first-order chi connectivity index (χ1) is 7.63. The zero-order valence-corrected chi connectivity index (χ0v) is 9.55. The van der Waals surface area contributed by atoms with Crippen LogP contribution in [-0.4, -0.2) is 33.6 Å². The molecule has 0 saturated heterocycles. The highest BCUT2D eigenvalue weighted by atomic mass is 16.3. The molecule has 0 bridgehead atoms. The van der Waals surface area contributed by atoms with Crippen molar-refractivity contribution in [3.8, 4) is 0 Å². The first-order valence-electron chi connectivity index (χ1n) is 5.30. The Balaban J connectivity index is 2.56. The highest BCUT2D eigenvalue weighted by Crippen LogP contribution is 2.05. The summed E-state index contributed by atoms with van der Waals surface area (Å²) in [6, 6.07) is -0.215. The largest absolute Gasteiger partial charge is 0.394 e. The number of aromatic nitrogens is 2. The Morgan fingerprint density at radius 1 is 1.44 bits per heavy atom. The second kappa shape index (κ2) is 6.17. The molecule has 1 unspecified atom stereocenters. The van der Waals surface area contributed by atoms with E-state index in [1.165, 1.54) is 18.7 Å². The molecule has 0 spiro atoms. The Kier molecular flexibility index (Phi) is 4.85. The van der Waals surface area contributed by atoms with E-state index in [2.05, 4.69) is 15.3 Å². The molecule has 1 amide bonds. The van der Waals surface area contributed by atoms with Gasteiger partial charge in [0.05, 0.1) is 18.2 Å². The van der Waals surface area contributed by atoms with E-state index in [0.717, 1.165) is 6.42 Å². The van der Waals surface area contributed by atoms with E-state index < -0.39 is 0 Å². The average molecular weight is 223 g/mol. The molecule has 1 aromatic rings. The van der Waals surface area contributed by atoms with Crippen molar-refractivity contribution in [1.29, 1.82) is 0 Å². The molecule has 0 aliphatic rings. The van der Waals surface area contributed by atoms with Crippen LogP contribution in [0.2, 0.25) is 0 Å². The minimum absolute atomic E-state index is 0.0579. The number of carbonyl (C=O) groups is 1. The van der Waals surface area contributed by atoms with E-state index in [1.807, 2.05) is 13.8 Å². The van der Waals surface area contributed by atoms with E-state index in [1.54, 1.807) is 0 Å². The fourth-order valence-electron chi connectivity index (χ4n) is 1.43. The number of amides is 1. The van der Waals surface area contributed by atoms with Crippen LogP contribution in [0.5, 0.6) is 0 Å². The Morgan fingerprint density at radius 3 is 2.56 bits per heavy atom. The number of rotatable bonds is 5. The highest BCUT2D eigenvalue weighted by Gasteiger charge is 2.14. The Morgan fingerprint density at radius 2 is 2.06 bits per heavy atom. The minimum atomic E-state index is -0.250. The predicted octanol–water partition coefficient (Wildman–Crippen LogP) is 0.613. The van der Waals surface area contributed by atoms with Crippen LogP contribution in [-0.2, 0) is 0 Å². The van der Waals surface area contributed by atoms with Crippen molar-refractivity contribution in [1.82, 2.24) is 15.3 Å². The summed E-state index contributed by atoms with van der Waals surface area (Å²) in [6.45, 7) is 4.03. The van der Waals surface area contributed by atoms with Gasteiger partial charge < -0.3 is 10.4 Å².